The van der Waals surface area contributed by atoms with Crippen molar-refractivity contribution in [2.75, 3.05) is 10.8 Å². The molecule has 0 radical (unpaired) electrons. The van der Waals surface area contributed by atoms with Gasteiger partial charge in [-0.25, -0.2) is 8.51 Å². The predicted molar refractivity (Wildman–Crippen MR) is 49.9 cm³/mol. The van der Waals surface area contributed by atoms with Gasteiger partial charge in [0, 0.05) is 12.3 Å². The van der Waals surface area contributed by atoms with Crippen LogP contribution in [0.5, 0.6) is 0 Å². The molecule has 1 unspecified atom stereocenters. The Morgan fingerprint density at radius 3 is 2.11 bits per heavy atom. The van der Waals surface area contributed by atoms with Gasteiger partial charge in [0.25, 0.3) is 0 Å². The van der Waals surface area contributed by atoms with Crippen LogP contribution in [0.1, 0.15) is 13.8 Å². The van der Waals surface area contributed by atoms with Gasteiger partial charge >= 0.3 is 0 Å². The van der Waals surface area contributed by atoms with Crippen LogP contribution in [-0.2, 0) is 11.0 Å². The van der Waals surface area contributed by atoms with Gasteiger partial charge in [-0.05, 0) is 13.8 Å². The molecule has 0 heterocycles. The summed E-state index contributed by atoms with van der Waals surface area (Å²) in [5, 5.41) is 0. The summed E-state index contributed by atoms with van der Waals surface area (Å²) in [7, 11) is -0.808. The van der Waals surface area contributed by atoms with Crippen molar-refractivity contribution in [2.24, 2.45) is 0 Å². The Balaban J connectivity index is 3.83. The number of nitrogens with zero attached hydrogens (tertiary/aromatic N) is 1. The van der Waals surface area contributed by atoms with Gasteiger partial charge in [-0.3, -0.25) is 0 Å². The molecule has 0 aliphatic heterocycles. The summed E-state index contributed by atoms with van der Waals surface area (Å²) in [4.78, 5) is 0. The molecule has 0 aromatic heterocycles. The molecule has 0 rings (SSSR count). The summed E-state index contributed by atoms with van der Waals surface area (Å²) in [6.45, 7) is 4.08. The first-order chi connectivity index (χ1) is 4.09. The Hall–Kier alpha value is 0.840. The van der Waals surface area contributed by atoms with Gasteiger partial charge in [0.2, 0.25) is 0 Å². The third kappa shape index (κ3) is 3.52. The summed E-state index contributed by atoms with van der Waals surface area (Å²) in [5.41, 5.74) is 0. The van der Waals surface area contributed by atoms with Crippen LogP contribution in [0.25, 0.3) is 0 Å². The van der Waals surface area contributed by atoms with E-state index in [1.54, 1.807) is 6.26 Å². The molecule has 0 N–H and O–H groups in total. The molecular weight excluding hydrogens is 249 g/mol. The van der Waals surface area contributed by atoms with Crippen molar-refractivity contribution in [1.29, 1.82) is 0 Å². The standard InChI is InChI=1S/C5H12INOS/c1-5(2)7(4-6)9(3)8/h5H,4H2,1-3H3. The summed E-state index contributed by atoms with van der Waals surface area (Å²) in [5.74, 6) is 0. The fraction of sp³-hybridized carbons (Fsp3) is 1.00. The molecule has 2 nitrogen and oxygen atoms in total. The second-order valence-electron chi connectivity index (χ2n) is 2.05. The minimum absolute atomic E-state index is 0.382. The molecule has 0 saturated carbocycles. The van der Waals surface area contributed by atoms with Crippen molar-refractivity contribution >= 4 is 33.6 Å². The van der Waals surface area contributed by atoms with Crippen molar-refractivity contribution in [3.63, 3.8) is 0 Å². The Kier molecular flexibility index (Phi) is 5.06. The minimum atomic E-state index is -0.808. The summed E-state index contributed by atoms with van der Waals surface area (Å²) < 4.78 is 13.6. The van der Waals surface area contributed by atoms with Crippen molar-refractivity contribution in [1.82, 2.24) is 4.31 Å². The zero-order chi connectivity index (χ0) is 7.44. The molecule has 0 spiro atoms. The van der Waals surface area contributed by atoms with Gasteiger partial charge in [-0.2, -0.15) is 0 Å². The summed E-state index contributed by atoms with van der Waals surface area (Å²) in [6, 6.07) is 0.382. The van der Waals surface area contributed by atoms with Crippen molar-refractivity contribution in [3.8, 4) is 0 Å². The van der Waals surface area contributed by atoms with E-state index in [1.165, 1.54) is 0 Å². The topological polar surface area (TPSA) is 20.3 Å². The number of alkyl halides is 1. The average Bonchev–Trinajstić information content (AvgIpc) is 1.64. The highest BCUT2D eigenvalue weighted by Gasteiger charge is 2.09. The molecule has 0 aliphatic carbocycles. The lowest BCUT2D eigenvalue weighted by Crippen LogP contribution is -2.30. The molecule has 0 aromatic rings. The van der Waals surface area contributed by atoms with Crippen LogP contribution in [0.15, 0.2) is 0 Å². The van der Waals surface area contributed by atoms with E-state index in [-0.39, 0.29) is 0 Å². The van der Waals surface area contributed by atoms with Crippen LogP contribution in [0.3, 0.4) is 0 Å². The zero-order valence-electron chi connectivity index (χ0n) is 5.93. The Morgan fingerprint density at radius 1 is 1.67 bits per heavy atom. The van der Waals surface area contributed by atoms with E-state index in [9.17, 15) is 4.21 Å². The van der Waals surface area contributed by atoms with Gasteiger partial charge in [0.1, 0.15) is 0 Å². The van der Waals surface area contributed by atoms with Crippen LogP contribution in [0.4, 0.5) is 0 Å². The molecule has 0 aliphatic rings. The van der Waals surface area contributed by atoms with Crippen LogP contribution in [0.2, 0.25) is 0 Å². The predicted octanol–water partition coefficient (Wildman–Crippen LogP) is 1.38. The summed E-state index contributed by atoms with van der Waals surface area (Å²) in [6.07, 6.45) is 1.71. The maximum absolute atomic E-state index is 10.8. The van der Waals surface area contributed by atoms with Crippen molar-refractivity contribution in [3.05, 3.63) is 0 Å². The monoisotopic (exact) mass is 261 g/mol. The van der Waals surface area contributed by atoms with E-state index in [0.717, 1.165) is 4.55 Å². The quantitative estimate of drug-likeness (QED) is 0.427. The molecule has 9 heavy (non-hydrogen) atoms. The van der Waals surface area contributed by atoms with Gasteiger partial charge in [-0.15, -0.1) is 0 Å². The van der Waals surface area contributed by atoms with Gasteiger partial charge < -0.3 is 0 Å². The fourth-order valence-electron chi connectivity index (χ4n) is 0.504. The van der Waals surface area contributed by atoms with E-state index in [2.05, 4.69) is 22.6 Å². The minimum Gasteiger partial charge on any atom is -0.243 e. The van der Waals surface area contributed by atoms with E-state index in [1.807, 2.05) is 18.2 Å². The van der Waals surface area contributed by atoms with E-state index >= 15 is 0 Å². The molecule has 0 aromatic carbocycles. The number of rotatable bonds is 3. The molecule has 4 heteroatoms. The second kappa shape index (κ2) is 4.62. The Labute approximate surface area is 72.7 Å². The van der Waals surface area contributed by atoms with Gasteiger partial charge in [0.05, 0.1) is 15.5 Å². The molecule has 1 atom stereocenters. The normalized spacial score (nSPS) is 14.9. The average molecular weight is 261 g/mol. The van der Waals surface area contributed by atoms with Crippen LogP contribution in [0, 0.1) is 0 Å². The van der Waals surface area contributed by atoms with Gasteiger partial charge in [0.15, 0.2) is 0 Å². The smallest absolute Gasteiger partial charge is 0.0920 e. The molecule has 0 bridgehead atoms. The lowest BCUT2D eigenvalue weighted by Gasteiger charge is -2.19. The third-order valence-electron chi connectivity index (χ3n) is 1.02. The lowest BCUT2D eigenvalue weighted by atomic mass is 10.4. The van der Waals surface area contributed by atoms with Gasteiger partial charge in [-0.1, -0.05) is 22.6 Å². The molecule has 0 amide bonds. The molecule has 56 valence electrons. The number of hydrogen-bond acceptors (Lipinski definition) is 1. The van der Waals surface area contributed by atoms with Crippen LogP contribution >= 0.6 is 22.6 Å². The molecule has 0 saturated heterocycles. The maximum Gasteiger partial charge on any atom is 0.0920 e. The van der Waals surface area contributed by atoms with E-state index in [0.29, 0.717) is 6.04 Å². The highest BCUT2D eigenvalue weighted by molar-refractivity contribution is 14.1. The second-order valence-corrected chi connectivity index (χ2v) is 4.05. The highest BCUT2D eigenvalue weighted by Crippen LogP contribution is 2.03. The number of halogens is 1. The van der Waals surface area contributed by atoms with E-state index in [4.69, 9.17) is 0 Å². The molecule has 0 fully saturated rings. The largest absolute Gasteiger partial charge is 0.243 e. The van der Waals surface area contributed by atoms with Crippen LogP contribution in [-0.4, -0.2) is 25.4 Å². The van der Waals surface area contributed by atoms with E-state index < -0.39 is 11.0 Å². The first kappa shape index (κ1) is 9.84. The first-order valence-corrected chi connectivity index (χ1v) is 5.79. The third-order valence-corrected chi connectivity index (χ3v) is 3.43. The Morgan fingerprint density at radius 2 is 2.11 bits per heavy atom. The first-order valence-electron chi connectivity index (χ1n) is 2.75. The zero-order valence-corrected chi connectivity index (χ0v) is 8.90. The maximum atomic E-state index is 10.8. The van der Waals surface area contributed by atoms with Crippen LogP contribution < -0.4 is 0 Å². The SMILES string of the molecule is CC(C)N(CI)S(C)=O. The summed E-state index contributed by atoms with van der Waals surface area (Å²) >= 11 is 2.21. The number of hydrogen-bond donors (Lipinski definition) is 0. The Bertz CT molecular complexity index is 107. The lowest BCUT2D eigenvalue weighted by molar-refractivity contribution is 0.439. The van der Waals surface area contributed by atoms with Crippen molar-refractivity contribution < 1.29 is 4.21 Å². The fourth-order valence-corrected chi connectivity index (χ4v) is 3.20. The van der Waals surface area contributed by atoms with Crippen molar-refractivity contribution in [2.45, 2.75) is 19.9 Å². The highest BCUT2D eigenvalue weighted by atomic mass is 127. The molecular formula is C5H12INOS.